The number of halogens is 2. The number of carbonyl (C=O) groups is 1. The molecule has 0 spiro atoms. The lowest BCUT2D eigenvalue weighted by Gasteiger charge is -2.14. The summed E-state index contributed by atoms with van der Waals surface area (Å²) in [7, 11) is 0. The third-order valence-electron chi connectivity index (χ3n) is 4.10. The summed E-state index contributed by atoms with van der Waals surface area (Å²) in [4.78, 5) is 12.6. The number of carbonyl (C=O) groups excluding carboxylic acids is 1. The minimum absolute atomic E-state index is 0.0838. The van der Waals surface area contributed by atoms with Crippen LogP contribution in [0.3, 0.4) is 0 Å². The van der Waals surface area contributed by atoms with E-state index in [1.165, 1.54) is 0 Å². The van der Waals surface area contributed by atoms with Crippen LogP contribution >= 0.6 is 23.2 Å². The molecule has 0 saturated heterocycles. The molecular weight excluding hydrogens is 379 g/mol. The second-order valence-electron chi connectivity index (χ2n) is 6.48. The standard InChI is InChI=1S/C22H20Cl2N2O/c1-14-10-15(2)12-17(11-14)25-21(27)13-16-6-3-4-9-20(16)26-22-18(23)7-5-8-19(22)24/h3-12,26H,13H2,1-2H3,(H,25,27). The number of aryl methyl sites for hydroxylation is 2. The number of benzene rings is 3. The van der Waals surface area contributed by atoms with Crippen molar-refractivity contribution in [3.63, 3.8) is 0 Å². The second-order valence-corrected chi connectivity index (χ2v) is 7.29. The zero-order valence-corrected chi connectivity index (χ0v) is 16.7. The monoisotopic (exact) mass is 398 g/mol. The molecule has 138 valence electrons. The number of para-hydroxylation sites is 2. The number of nitrogens with one attached hydrogen (secondary N) is 2. The van der Waals surface area contributed by atoms with Crippen molar-refractivity contribution in [3.8, 4) is 0 Å². The van der Waals surface area contributed by atoms with E-state index in [0.29, 0.717) is 15.7 Å². The Morgan fingerprint density at radius 1 is 0.889 bits per heavy atom. The Morgan fingerprint density at radius 3 is 2.19 bits per heavy atom. The Kier molecular flexibility index (Phi) is 6.04. The van der Waals surface area contributed by atoms with Crippen LogP contribution in [-0.4, -0.2) is 5.91 Å². The van der Waals surface area contributed by atoms with Gasteiger partial charge in [0.25, 0.3) is 0 Å². The molecule has 0 fully saturated rings. The van der Waals surface area contributed by atoms with Crippen molar-refractivity contribution >= 4 is 46.2 Å². The maximum atomic E-state index is 12.6. The lowest BCUT2D eigenvalue weighted by Crippen LogP contribution is -2.15. The van der Waals surface area contributed by atoms with E-state index in [9.17, 15) is 4.79 Å². The van der Waals surface area contributed by atoms with Gasteiger partial charge in [0, 0.05) is 11.4 Å². The summed E-state index contributed by atoms with van der Waals surface area (Å²) in [5, 5.41) is 7.27. The molecule has 5 heteroatoms. The lowest BCUT2D eigenvalue weighted by atomic mass is 10.1. The molecule has 0 aliphatic rings. The van der Waals surface area contributed by atoms with Crippen molar-refractivity contribution < 1.29 is 4.79 Å². The molecule has 27 heavy (non-hydrogen) atoms. The van der Waals surface area contributed by atoms with E-state index < -0.39 is 0 Å². The predicted molar refractivity (Wildman–Crippen MR) is 114 cm³/mol. The van der Waals surface area contributed by atoms with Crippen LogP contribution < -0.4 is 10.6 Å². The van der Waals surface area contributed by atoms with Gasteiger partial charge >= 0.3 is 0 Å². The molecule has 0 atom stereocenters. The van der Waals surface area contributed by atoms with Gasteiger partial charge in [0.05, 0.1) is 22.2 Å². The van der Waals surface area contributed by atoms with E-state index in [-0.39, 0.29) is 12.3 Å². The molecule has 0 radical (unpaired) electrons. The third-order valence-corrected chi connectivity index (χ3v) is 4.73. The van der Waals surface area contributed by atoms with Gasteiger partial charge in [0.1, 0.15) is 0 Å². The molecule has 3 aromatic carbocycles. The Balaban J connectivity index is 1.78. The summed E-state index contributed by atoms with van der Waals surface area (Å²) < 4.78 is 0. The van der Waals surface area contributed by atoms with Crippen molar-refractivity contribution in [1.82, 2.24) is 0 Å². The molecule has 0 aromatic heterocycles. The number of amides is 1. The maximum absolute atomic E-state index is 12.6. The van der Waals surface area contributed by atoms with Gasteiger partial charge in [-0.15, -0.1) is 0 Å². The van der Waals surface area contributed by atoms with Gasteiger partial charge in [0.2, 0.25) is 5.91 Å². The van der Waals surface area contributed by atoms with Crippen molar-refractivity contribution in [2.45, 2.75) is 20.3 Å². The molecule has 3 rings (SSSR count). The summed E-state index contributed by atoms with van der Waals surface area (Å²) in [5.41, 5.74) is 5.31. The zero-order chi connectivity index (χ0) is 19.4. The van der Waals surface area contributed by atoms with E-state index in [1.807, 2.05) is 50.2 Å². The minimum atomic E-state index is -0.0838. The van der Waals surface area contributed by atoms with Crippen LogP contribution in [0.5, 0.6) is 0 Å². The molecule has 1 amide bonds. The van der Waals surface area contributed by atoms with Crippen LogP contribution in [0.1, 0.15) is 16.7 Å². The SMILES string of the molecule is Cc1cc(C)cc(NC(=O)Cc2ccccc2Nc2c(Cl)cccc2Cl)c1. The lowest BCUT2D eigenvalue weighted by molar-refractivity contribution is -0.115. The molecule has 3 aromatic rings. The fourth-order valence-corrected chi connectivity index (χ4v) is 3.47. The zero-order valence-electron chi connectivity index (χ0n) is 15.1. The van der Waals surface area contributed by atoms with Crippen LogP contribution in [0.15, 0.2) is 60.7 Å². The molecule has 0 aliphatic carbocycles. The van der Waals surface area contributed by atoms with Crippen molar-refractivity contribution in [3.05, 3.63) is 87.4 Å². The largest absolute Gasteiger partial charge is 0.353 e. The summed E-state index contributed by atoms with van der Waals surface area (Å²) in [6.07, 6.45) is 0.234. The first-order valence-corrected chi connectivity index (χ1v) is 9.35. The van der Waals surface area contributed by atoms with E-state index >= 15 is 0 Å². The van der Waals surface area contributed by atoms with Gasteiger partial charge in [-0.25, -0.2) is 0 Å². The van der Waals surface area contributed by atoms with Crippen LogP contribution in [0, 0.1) is 13.8 Å². The molecule has 2 N–H and O–H groups in total. The summed E-state index contributed by atoms with van der Waals surface area (Å²) >= 11 is 12.5. The van der Waals surface area contributed by atoms with E-state index in [0.717, 1.165) is 28.1 Å². The quantitative estimate of drug-likeness (QED) is 0.512. The summed E-state index contributed by atoms with van der Waals surface area (Å²) in [5.74, 6) is -0.0838. The Morgan fingerprint density at radius 2 is 1.52 bits per heavy atom. The fraction of sp³-hybridized carbons (Fsp3) is 0.136. The number of rotatable bonds is 5. The highest BCUT2D eigenvalue weighted by molar-refractivity contribution is 6.39. The molecule has 0 saturated carbocycles. The average molecular weight is 399 g/mol. The van der Waals surface area contributed by atoms with Crippen LogP contribution in [0.2, 0.25) is 10.0 Å². The third kappa shape index (κ3) is 5.03. The molecule has 0 aliphatic heterocycles. The Hall–Kier alpha value is -2.49. The fourth-order valence-electron chi connectivity index (χ4n) is 2.97. The van der Waals surface area contributed by atoms with E-state index in [4.69, 9.17) is 23.2 Å². The summed E-state index contributed by atoms with van der Waals surface area (Å²) in [6, 6.07) is 18.9. The van der Waals surface area contributed by atoms with Gasteiger partial charge in [-0.1, -0.05) is 53.5 Å². The normalized spacial score (nSPS) is 10.5. The Labute approximate surface area is 169 Å². The molecule has 0 bridgehead atoms. The van der Waals surface area contributed by atoms with E-state index in [1.54, 1.807) is 18.2 Å². The van der Waals surface area contributed by atoms with E-state index in [2.05, 4.69) is 16.7 Å². The highest BCUT2D eigenvalue weighted by atomic mass is 35.5. The van der Waals surface area contributed by atoms with Crippen LogP contribution in [0.25, 0.3) is 0 Å². The predicted octanol–water partition coefficient (Wildman–Crippen LogP) is 6.54. The van der Waals surface area contributed by atoms with Gasteiger partial charge in [-0.2, -0.15) is 0 Å². The number of hydrogen-bond acceptors (Lipinski definition) is 2. The second kappa shape index (κ2) is 8.47. The molecule has 0 heterocycles. The van der Waals surface area contributed by atoms with Crippen molar-refractivity contribution in [2.24, 2.45) is 0 Å². The first kappa shape index (κ1) is 19.3. The molecule has 3 nitrogen and oxygen atoms in total. The van der Waals surface area contributed by atoms with Crippen molar-refractivity contribution in [1.29, 1.82) is 0 Å². The van der Waals surface area contributed by atoms with Gasteiger partial charge in [-0.3, -0.25) is 4.79 Å². The van der Waals surface area contributed by atoms with Gasteiger partial charge < -0.3 is 10.6 Å². The molecular formula is C22H20Cl2N2O. The van der Waals surface area contributed by atoms with Crippen molar-refractivity contribution in [2.75, 3.05) is 10.6 Å². The average Bonchev–Trinajstić information content (AvgIpc) is 2.58. The first-order chi connectivity index (χ1) is 12.9. The van der Waals surface area contributed by atoms with Crippen LogP contribution in [0.4, 0.5) is 17.1 Å². The summed E-state index contributed by atoms with van der Waals surface area (Å²) in [6.45, 7) is 4.02. The molecule has 0 unspecified atom stereocenters. The number of hydrogen-bond donors (Lipinski definition) is 2. The Bertz CT molecular complexity index is 945. The minimum Gasteiger partial charge on any atom is -0.353 e. The van der Waals surface area contributed by atoms with Gasteiger partial charge in [-0.05, 0) is 60.9 Å². The first-order valence-electron chi connectivity index (χ1n) is 8.59. The van der Waals surface area contributed by atoms with Crippen LogP contribution in [-0.2, 0) is 11.2 Å². The maximum Gasteiger partial charge on any atom is 0.228 e. The highest BCUT2D eigenvalue weighted by Crippen LogP contribution is 2.33. The number of anilines is 3. The van der Waals surface area contributed by atoms with Gasteiger partial charge in [0.15, 0.2) is 0 Å². The smallest absolute Gasteiger partial charge is 0.228 e. The topological polar surface area (TPSA) is 41.1 Å². The highest BCUT2D eigenvalue weighted by Gasteiger charge is 2.11.